The summed E-state index contributed by atoms with van der Waals surface area (Å²) in [6, 6.07) is 3.61. The maximum absolute atomic E-state index is 12.9. The molecule has 2 N–H and O–H groups in total. The second-order valence-electron chi connectivity index (χ2n) is 8.27. The number of halogens is 4. The van der Waals surface area contributed by atoms with Crippen molar-refractivity contribution in [3.8, 4) is 11.6 Å². The number of likely N-dealkylation sites (N-methyl/N-ethyl adjacent to an activating group) is 1. The molecule has 3 aromatic heterocycles. The van der Waals surface area contributed by atoms with Crippen LogP contribution in [0, 0.1) is 0 Å². The van der Waals surface area contributed by atoms with Crippen LogP contribution in [0.5, 0.6) is 11.6 Å². The fraction of sp³-hybridized carbons (Fsp3) is 0.348. The number of aliphatic hydroxyl groups excluding tert-OH is 1. The summed E-state index contributed by atoms with van der Waals surface area (Å²) < 4.78 is 67.7. The molecule has 194 valence electrons. The summed E-state index contributed by atoms with van der Waals surface area (Å²) >= 11 is 5.83. The fourth-order valence-corrected chi connectivity index (χ4v) is 4.24. The Morgan fingerprint density at radius 1 is 1.27 bits per heavy atom. The van der Waals surface area contributed by atoms with Gasteiger partial charge < -0.3 is 25.0 Å². The third-order valence-electron chi connectivity index (χ3n) is 5.83. The van der Waals surface area contributed by atoms with E-state index in [4.69, 9.17) is 20.5 Å². The van der Waals surface area contributed by atoms with E-state index in [-0.39, 0.29) is 29.9 Å². The number of hydrogen-bond acceptors (Lipinski definition) is 9. The third kappa shape index (κ3) is 4.83. The number of aromatic nitrogens is 4. The summed E-state index contributed by atoms with van der Waals surface area (Å²) in [5, 5.41) is 12.4. The molecule has 1 atom stereocenters. The van der Waals surface area contributed by atoms with E-state index in [1.165, 1.54) is 17.2 Å². The van der Waals surface area contributed by atoms with Crippen molar-refractivity contribution < 1.29 is 31.9 Å². The van der Waals surface area contributed by atoms with Crippen LogP contribution in [0.15, 0.2) is 30.5 Å². The van der Waals surface area contributed by atoms with E-state index in [1.54, 1.807) is 6.07 Å². The van der Waals surface area contributed by atoms with Crippen LogP contribution in [0.3, 0.4) is 0 Å². The Hall–Kier alpha value is -3.71. The van der Waals surface area contributed by atoms with Crippen LogP contribution in [-0.4, -0.2) is 57.1 Å². The minimum absolute atomic E-state index is 0.0368. The molecule has 37 heavy (non-hydrogen) atoms. The summed E-state index contributed by atoms with van der Waals surface area (Å²) in [5.74, 6) is -0.390. The molecule has 3 aromatic rings. The van der Waals surface area contributed by atoms with Gasteiger partial charge in [0.2, 0.25) is 11.8 Å². The highest BCUT2D eigenvalue weighted by Gasteiger charge is 2.40. The van der Waals surface area contributed by atoms with Gasteiger partial charge in [0.25, 0.3) is 5.91 Å². The first kappa shape index (κ1) is 21.4. The first-order chi connectivity index (χ1) is 18.9. The average Bonchev–Trinajstić information content (AvgIpc) is 2.89. The van der Waals surface area contributed by atoms with E-state index in [0.29, 0.717) is 36.3 Å². The largest absolute Gasteiger partial charge is 0.436 e. The molecule has 0 saturated heterocycles. The summed E-state index contributed by atoms with van der Waals surface area (Å²) in [4.78, 5) is 31.6. The molecule has 10 nitrogen and oxygen atoms in total. The molecule has 14 heteroatoms. The van der Waals surface area contributed by atoms with Crippen LogP contribution >= 0.6 is 11.6 Å². The summed E-state index contributed by atoms with van der Waals surface area (Å²) in [6.07, 6.45) is -2.06. The fourth-order valence-electron chi connectivity index (χ4n) is 4.05. The monoisotopic (exact) mass is 538 g/mol. The Balaban J connectivity index is 1.34. The number of alkyl halides is 3. The van der Waals surface area contributed by atoms with E-state index in [9.17, 15) is 23.1 Å². The van der Waals surface area contributed by atoms with Gasteiger partial charge in [-0.2, -0.15) is 18.2 Å². The van der Waals surface area contributed by atoms with Gasteiger partial charge in [-0.15, -0.1) is 0 Å². The number of aryl methyl sites for hydroxylation is 1. The lowest BCUT2D eigenvalue weighted by Crippen LogP contribution is -2.55. The van der Waals surface area contributed by atoms with Crippen molar-refractivity contribution in [1.29, 1.82) is 0 Å². The lowest BCUT2D eigenvalue weighted by molar-refractivity contribution is -0.141. The quantitative estimate of drug-likeness (QED) is 0.455. The number of aliphatic hydroxyl groups is 1. The number of pyridine rings is 2. The lowest BCUT2D eigenvalue weighted by atomic mass is 10.0. The zero-order valence-corrected chi connectivity index (χ0v) is 19.7. The number of nitrogens with one attached hydrogen (secondary N) is 1. The van der Waals surface area contributed by atoms with Crippen molar-refractivity contribution in [3.63, 3.8) is 0 Å². The SMILES string of the molecule is [2H]C([2H])([2H])N1c2nc(NCc3ccc(Oc4ccc(C(F)(F)F)nc4Cl)nc3)nc3c2N(CCC3)C(=O)[C@@H]1CO. The highest BCUT2D eigenvalue weighted by molar-refractivity contribution is 6.30. The molecular formula is C23H21ClF3N7O3. The van der Waals surface area contributed by atoms with Gasteiger partial charge in [0.1, 0.15) is 17.4 Å². The number of anilines is 3. The van der Waals surface area contributed by atoms with Crippen molar-refractivity contribution in [3.05, 3.63) is 52.6 Å². The number of amides is 1. The van der Waals surface area contributed by atoms with E-state index in [1.807, 2.05) is 0 Å². The van der Waals surface area contributed by atoms with Crippen LogP contribution in [0.25, 0.3) is 0 Å². The number of nitrogens with zero attached hydrogens (tertiary/aromatic N) is 6. The van der Waals surface area contributed by atoms with Gasteiger partial charge in [-0.25, -0.2) is 15.0 Å². The minimum atomic E-state index is -4.64. The van der Waals surface area contributed by atoms with Crippen LogP contribution in [0.4, 0.5) is 30.6 Å². The van der Waals surface area contributed by atoms with Crippen LogP contribution in [-0.2, 0) is 23.9 Å². The van der Waals surface area contributed by atoms with Crippen molar-refractivity contribution in [2.45, 2.75) is 31.6 Å². The van der Waals surface area contributed by atoms with Gasteiger partial charge in [-0.3, -0.25) is 4.79 Å². The Kier molecular flexibility index (Phi) is 5.57. The second kappa shape index (κ2) is 9.63. The predicted octanol–water partition coefficient (Wildman–Crippen LogP) is 3.43. The normalized spacial score (nSPS) is 18.6. The summed E-state index contributed by atoms with van der Waals surface area (Å²) in [6.45, 7) is -2.89. The Morgan fingerprint density at radius 2 is 2.11 bits per heavy atom. The zero-order chi connectivity index (χ0) is 28.8. The number of ether oxygens (including phenoxy) is 1. The highest BCUT2D eigenvalue weighted by Crippen LogP contribution is 2.40. The zero-order valence-electron chi connectivity index (χ0n) is 22.0. The molecule has 0 bridgehead atoms. The van der Waals surface area contributed by atoms with E-state index < -0.39 is 42.6 Å². The molecular weight excluding hydrogens is 515 g/mol. The molecule has 0 aliphatic carbocycles. The van der Waals surface area contributed by atoms with Gasteiger partial charge in [-0.1, -0.05) is 17.7 Å². The van der Waals surface area contributed by atoms with Gasteiger partial charge in [0.15, 0.2) is 16.7 Å². The Bertz CT molecular complexity index is 1440. The van der Waals surface area contributed by atoms with E-state index in [0.717, 1.165) is 17.0 Å². The van der Waals surface area contributed by atoms with E-state index >= 15 is 0 Å². The first-order valence-corrected chi connectivity index (χ1v) is 11.5. The van der Waals surface area contributed by atoms with Crippen molar-refractivity contribution in [1.82, 2.24) is 19.9 Å². The average molecular weight is 539 g/mol. The van der Waals surface area contributed by atoms with Gasteiger partial charge in [0.05, 0.1) is 12.3 Å². The predicted molar refractivity (Wildman–Crippen MR) is 128 cm³/mol. The smallest absolute Gasteiger partial charge is 0.433 e. The minimum Gasteiger partial charge on any atom is -0.436 e. The van der Waals surface area contributed by atoms with Crippen molar-refractivity contribution in [2.24, 2.45) is 0 Å². The van der Waals surface area contributed by atoms with E-state index in [2.05, 4.69) is 25.3 Å². The molecule has 0 aromatic carbocycles. The highest BCUT2D eigenvalue weighted by atomic mass is 35.5. The number of hydrogen-bond donors (Lipinski definition) is 2. The molecule has 1 amide bonds. The summed E-state index contributed by atoms with van der Waals surface area (Å²) in [7, 11) is 0. The maximum Gasteiger partial charge on any atom is 0.433 e. The Labute approximate surface area is 218 Å². The molecule has 2 aliphatic heterocycles. The third-order valence-corrected chi connectivity index (χ3v) is 6.11. The van der Waals surface area contributed by atoms with Crippen molar-refractivity contribution >= 4 is 35.0 Å². The van der Waals surface area contributed by atoms with Gasteiger partial charge >= 0.3 is 6.18 Å². The first-order valence-electron chi connectivity index (χ1n) is 12.6. The molecule has 0 radical (unpaired) electrons. The number of rotatable bonds is 6. The molecule has 0 unspecified atom stereocenters. The standard InChI is InChI=1S/C23H21ClF3N7O3/c1-33-14(11-35)21(36)34-8-2-3-13-18(34)20(33)32-22(30-13)29-10-12-4-7-17(28-9-12)37-15-5-6-16(23(25,26)27)31-19(15)24/h4-7,9,14,35H,2-3,8,10-11H2,1H3,(H,29,30,32)/t14-/m0/s1/i1D3. The second-order valence-corrected chi connectivity index (χ2v) is 8.63. The van der Waals surface area contributed by atoms with Crippen LogP contribution in [0.2, 0.25) is 5.15 Å². The van der Waals surface area contributed by atoms with Crippen molar-refractivity contribution in [2.75, 3.05) is 35.2 Å². The maximum atomic E-state index is 12.9. The van der Waals surface area contributed by atoms with Gasteiger partial charge in [-0.05, 0) is 30.5 Å². The molecule has 5 rings (SSSR count). The molecule has 5 heterocycles. The van der Waals surface area contributed by atoms with Crippen LogP contribution < -0.4 is 19.9 Å². The topological polar surface area (TPSA) is 117 Å². The Morgan fingerprint density at radius 3 is 2.78 bits per heavy atom. The molecule has 2 aliphatic rings. The number of carbonyl (C=O) groups is 1. The van der Waals surface area contributed by atoms with Gasteiger partial charge in [0, 0.05) is 36.4 Å². The molecule has 0 fully saturated rings. The lowest BCUT2D eigenvalue weighted by Gasteiger charge is -2.42. The van der Waals surface area contributed by atoms with Crippen LogP contribution in [0.1, 0.15) is 27.5 Å². The summed E-state index contributed by atoms with van der Waals surface area (Å²) in [5.41, 5.74) is 0.353. The number of carbonyl (C=O) groups excluding carboxylic acids is 1. The molecule has 0 saturated carbocycles. The molecule has 0 spiro atoms.